The van der Waals surface area contributed by atoms with Crippen molar-refractivity contribution in [3.63, 3.8) is 0 Å². The van der Waals surface area contributed by atoms with Crippen LogP contribution in [0.2, 0.25) is 0 Å². The van der Waals surface area contributed by atoms with Gasteiger partial charge >= 0.3 is 0 Å². The number of nitrogens with one attached hydrogen (secondary N) is 1. The molecule has 1 aliphatic heterocycles. The van der Waals surface area contributed by atoms with Crippen LogP contribution in [0, 0.1) is 5.92 Å². The number of thioether (sulfide) groups is 1. The van der Waals surface area contributed by atoms with Gasteiger partial charge in [0.15, 0.2) is 0 Å². The molecule has 1 saturated heterocycles. The minimum Gasteiger partial charge on any atom is -0.313 e. The van der Waals surface area contributed by atoms with E-state index in [-0.39, 0.29) is 0 Å². The quantitative estimate of drug-likeness (QED) is 0.772. The molecule has 1 rings (SSSR count). The van der Waals surface area contributed by atoms with Gasteiger partial charge in [-0.05, 0) is 43.9 Å². The summed E-state index contributed by atoms with van der Waals surface area (Å²) in [6.07, 6.45) is 6.14. The molecule has 0 aliphatic carbocycles. The first kappa shape index (κ1) is 14.3. The SMILES string of the molecule is CCCC1CN(CC(C)CSC)CCCN1. The smallest absolute Gasteiger partial charge is 0.0194 e. The van der Waals surface area contributed by atoms with E-state index in [9.17, 15) is 0 Å². The summed E-state index contributed by atoms with van der Waals surface area (Å²) in [5.41, 5.74) is 0. The lowest BCUT2D eigenvalue weighted by molar-refractivity contribution is 0.237. The highest BCUT2D eigenvalue weighted by Gasteiger charge is 2.18. The van der Waals surface area contributed by atoms with Gasteiger partial charge in [-0.2, -0.15) is 11.8 Å². The average molecular weight is 244 g/mol. The molecule has 2 atom stereocenters. The first-order chi connectivity index (χ1) is 7.76. The van der Waals surface area contributed by atoms with Gasteiger partial charge in [-0.15, -0.1) is 0 Å². The predicted molar refractivity (Wildman–Crippen MR) is 75.3 cm³/mol. The molecule has 1 aliphatic rings. The molecule has 0 amide bonds. The molecular weight excluding hydrogens is 216 g/mol. The molecule has 2 unspecified atom stereocenters. The summed E-state index contributed by atoms with van der Waals surface area (Å²) in [7, 11) is 0. The van der Waals surface area contributed by atoms with E-state index in [1.54, 1.807) is 0 Å². The summed E-state index contributed by atoms with van der Waals surface area (Å²) in [5.74, 6) is 2.12. The molecule has 16 heavy (non-hydrogen) atoms. The second-order valence-electron chi connectivity index (χ2n) is 5.11. The standard InChI is InChI=1S/C13H28N2S/c1-4-6-13-10-15(8-5-7-14-13)9-12(2)11-16-3/h12-14H,4-11H2,1-3H3. The number of hydrogen-bond acceptors (Lipinski definition) is 3. The topological polar surface area (TPSA) is 15.3 Å². The van der Waals surface area contributed by atoms with Crippen LogP contribution in [0.4, 0.5) is 0 Å². The van der Waals surface area contributed by atoms with E-state index in [0.717, 1.165) is 12.0 Å². The monoisotopic (exact) mass is 244 g/mol. The first-order valence-corrected chi connectivity index (χ1v) is 8.10. The fraction of sp³-hybridized carbons (Fsp3) is 1.00. The second kappa shape index (κ2) is 8.37. The van der Waals surface area contributed by atoms with Crippen LogP contribution >= 0.6 is 11.8 Å². The minimum atomic E-state index is 0.731. The van der Waals surface area contributed by atoms with E-state index in [1.807, 2.05) is 11.8 Å². The maximum atomic E-state index is 3.67. The van der Waals surface area contributed by atoms with Crippen LogP contribution in [-0.4, -0.2) is 49.1 Å². The molecule has 1 heterocycles. The molecule has 0 aromatic heterocycles. The molecule has 0 aromatic carbocycles. The normalized spacial score (nSPS) is 25.3. The van der Waals surface area contributed by atoms with E-state index in [2.05, 4.69) is 30.3 Å². The zero-order valence-corrected chi connectivity index (χ0v) is 12.0. The third-order valence-electron chi connectivity index (χ3n) is 3.22. The second-order valence-corrected chi connectivity index (χ2v) is 6.02. The van der Waals surface area contributed by atoms with Crippen molar-refractivity contribution in [3.8, 4) is 0 Å². The van der Waals surface area contributed by atoms with Crippen LogP contribution in [0.15, 0.2) is 0 Å². The molecule has 0 bridgehead atoms. The van der Waals surface area contributed by atoms with Crippen molar-refractivity contribution in [2.24, 2.45) is 5.92 Å². The van der Waals surface area contributed by atoms with Gasteiger partial charge in [-0.3, -0.25) is 0 Å². The zero-order valence-electron chi connectivity index (χ0n) is 11.2. The van der Waals surface area contributed by atoms with Crippen molar-refractivity contribution in [2.45, 2.75) is 39.2 Å². The van der Waals surface area contributed by atoms with E-state index in [0.29, 0.717) is 0 Å². The molecular formula is C13H28N2S. The molecule has 0 aromatic rings. The van der Waals surface area contributed by atoms with Gasteiger partial charge in [0.1, 0.15) is 0 Å². The molecule has 1 fully saturated rings. The van der Waals surface area contributed by atoms with E-state index >= 15 is 0 Å². The molecule has 0 radical (unpaired) electrons. The van der Waals surface area contributed by atoms with Gasteiger partial charge in [-0.25, -0.2) is 0 Å². The molecule has 1 N–H and O–H groups in total. The Balaban J connectivity index is 2.33. The summed E-state index contributed by atoms with van der Waals surface area (Å²) in [6.45, 7) is 9.69. The lowest BCUT2D eigenvalue weighted by Gasteiger charge is -2.26. The Morgan fingerprint density at radius 1 is 1.50 bits per heavy atom. The van der Waals surface area contributed by atoms with Gasteiger partial charge in [0, 0.05) is 19.1 Å². The first-order valence-electron chi connectivity index (χ1n) is 6.71. The Morgan fingerprint density at radius 2 is 2.31 bits per heavy atom. The van der Waals surface area contributed by atoms with Gasteiger partial charge in [0.2, 0.25) is 0 Å². The zero-order chi connectivity index (χ0) is 11.8. The van der Waals surface area contributed by atoms with Crippen LogP contribution in [0.3, 0.4) is 0 Å². The lowest BCUT2D eigenvalue weighted by Crippen LogP contribution is -2.39. The van der Waals surface area contributed by atoms with Crippen molar-refractivity contribution in [1.29, 1.82) is 0 Å². The highest BCUT2D eigenvalue weighted by molar-refractivity contribution is 7.98. The van der Waals surface area contributed by atoms with Crippen LogP contribution in [0.25, 0.3) is 0 Å². The molecule has 2 nitrogen and oxygen atoms in total. The summed E-state index contributed by atoms with van der Waals surface area (Å²) in [4.78, 5) is 2.67. The lowest BCUT2D eigenvalue weighted by atomic mass is 10.1. The Kier molecular flexibility index (Phi) is 7.50. The van der Waals surface area contributed by atoms with Crippen molar-refractivity contribution in [3.05, 3.63) is 0 Å². The van der Waals surface area contributed by atoms with Crippen molar-refractivity contribution < 1.29 is 0 Å². The third-order valence-corrected chi connectivity index (χ3v) is 4.12. The summed E-state index contributed by atoms with van der Waals surface area (Å²) in [5, 5.41) is 3.67. The highest BCUT2D eigenvalue weighted by atomic mass is 32.2. The number of rotatable bonds is 6. The van der Waals surface area contributed by atoms with Crippen LogP contribution in [0.1, 0.15) is 33.1 Å². The van der Waals surface area contributed by atoms with Crippen LogP contribution < -0.4 is 5.32 Å². The Morgan fingerprint density at radius 3 is 3.00 bits per heavy atom. The molecule has 3 heteroatoms. The van der Waals surface area contributed by atoms with Crippen molar-refractivity contribution in [1.82, 2.24) is 10.2 Å². The van der Waals surface area contributed by atoms with E-state index < -0.39 is 0 Å². The van der Waals surface area contributed by atoms with Crippen LogP contribution in [0.5, 0.6) is 0 Å². The minimum absolute atomic E-state index is 0.731. The van der Waals surface area contributed by atoms with Gasteiger partial charge < -0.3 is 10.2 Å². The van der Waals surface area contributed by atoms with Gasteiger partial charge in [0.25, 0.3) is 0 Å². The maximum Gasteiger partial charge on any atom is 0.0194 e. The van der Waals surface area contributed by atoms with Gasteiger partial charge in [0.05, 0.1) is 0 Å². The summed E-state index contributed by atoms with van der Waals surface area (Å²) in [6, 6.07) is 0.731. The predicted octanol–water partition coefficient (Wildman–Crippen LogP) is 2.45. The van der Waals surface area contributed by atoms with Crippen molar-refractivity contribution in [2.75, 3.05) is 38.2 Å². The highest BCUT2D eigenvalue weighted by Crippen LogP contribution is 2.11. The van der Waals surface area contributed by atoms with Gasteiger partial charge in [-0.1, -0.05) is 20.3 Å². The van der Waals surface area contributed by atoms with Crippen molar-refractivity contribution >= 4 is 11.8 Å². The largest absolute Gasteiger partial charge is 0.313 e. The van der Waals surface area contributed by atoms with Crippen LogP contribution in [-0.2, 0) is 0 Å². The Labute approximate surface area is 106 Å². The molecule has 0 spiro atoms. The number of hydrogen-bond donors (Lipinski definition) is 1. The summed E-state index contributed by atoms with van der Waals surface area (Å²) < 4.78 is 0. The maximum absolute atomic E-state index is 3.67. The third kappa shape index (κ3) is 5.55. The molecule has 96 valence electrons. The number of nitrogens with zero attached hydrogens (tertiary/aromatic N) is 1. The van der Waals surface area contributed by atoms with E-state index in [4.69, 9.17) is 0 Å². The molecule has 0 saturated carbocycles. The summed E-state index contributed by atoms with van der Waals surface area (Å²) >= 11 is 1.97. The van der Waals surface area contributed by atoms with E-state index in [1.165, 1.54) is 51.2 Å². The fourth-order valence-electron chi connectivity index (χ4n) is 2.56. The Hall–Kier alpha value is 0.270. The average Bonchev–Trinajstić information content (AvgIpc) is 2.44. The fourth-order valence-corrected chi connectivity index (χ4v) is 3.24. The Bertz CT molecular complexity index is 175.